The minimum absolute atomic E-state index is 0.188. The van der Waals surface area contributed by atoms with Crippen LogP contribution in [0.25, 0.3) is 10.9 Å². The highest BCUT2D eigenvalue weighted by molar-refractivity contribution is 5.99. The van der Waals surface area contributed by atoms with Gasteiger partial charge in [-0.2, -0.15) is 0 Å². The zero-order valence-corrected chi connectivity index (χ0v) is 9.94. The highest BCUT2D eigenvalue weighted by atomic mass is 16.1. The summed E-state index contributed by atoms with van der Waals surface area (Å²) in [7, 11) is 1.89. The summed E-state index contributed by atoms with van der Waals surface area (Å²) >= 11 is 0. The quantitative estimate of drug-likeness (QED) is 0.631. The number of Topliss-reactive ketones (excluding diaryl/α,β-unsaturated/α-hetero) is 1. The Morgan fingerprint density at radius 3 is 3.06 bits per heavy atom. The summed E-state index contributed by atoms with van der Waals surface area (Å²) < 4.78 is 0. The van der Waals surface area contributed by atoms with Crippen molar-refractivity contribution < 1.29 is 4.79 Å². The largest absolute Gasteiger partial charge is 0.320 e. The third-order valence-electron chi connectivity index (χ3n) is 2.76. The first-order chi connectivity index (χ1) is 8.31. The maximum absolute atomic E-state index is 11.9. The fourth-order valence-corrected chi connectivity index (χ4v) is 1.81. The van der Waals surface area contributed by atoms with Crippen molar-refractivity contribution in [3.05, 3.63) is 42.1 Å². The standard InChI is InChI=1S/C14H16N2O/c1-15-8-3-5-14(17)12-7-6-11-4-2-9-16-13(11)10-12/h2,4,6-7,9-10,15H,3,5,8H2,1H3. The van der Waals surface area contributed by atoms with Crippen LogP contribution in [0.1, 0.15) is 23.2 Å². The number of hydrogen-bond donors (Lipinski definition) is 1. The van der Waals surface area contributed by atoms with Crippen molar-refractivity contribution in [3.63, 3.8) is 0 Å². The van der Waals surface area contributed by atoms with Gasteiger partial charge in [0.2, 0.25) is 0 Å². The van der Waals surface area contributed by atoms with Crippen molar-refractivity contribution in [1.82, 2.24) is 10.3 Å². The van der Waals surface area contributed by atoms with Gasteiger partial charge in [-0.1, -0.05) is 18.2 Å². The normalized spacial score (nSPS) is 10.6. The molecule has 17 heavy (non-hydrogen) atoms. The molecule has 0 spiro atoms. The molecule has 2 aromatic rings. The lowest BCUT2D eigenvalue weighted by Gasteiger charge is -2.02. The van der Waals surface area contributed by atoms with Crippen LogP contribution in [-0.2, 0) is 0 Å². The molecule has 0 aliphatic carbocycles. The Hall–Kier alpha value is -1.74. The minimum Gasteiger partial charge on any atom is -0.320 e. The first-order valence-electron chi connectivity index (χ1n) is 5.84. The number of hydrogen-bond acceptors (Lipinski definition) is 3. The van der Waals surface area contributed by atoms with Crippen LogP contribution in [0.4, 0.5) is 0 Å². The second-order valence-electron chi connectivity index (χ2n) is 4.04. The minimum atomic E-state index is 0.188. The summed E-state index contributed by atoms with van der Waals surface area (Å²) in [5, 5.41) is 4.11. The van der Waals surface area contributed by atoms with Crippen LogP contribution in [0.2, 0.25) is 0 Å². The maximum atomic E-state index is 11.9. The summed E-state index contributed by atoms with van der Waals surface area (Å²) in [6, 6.07) is 9.60. The second-order valence-corrected chi connectivity index (χ2v) is 4.04. The van der Waals surface area contributed by atoms with Gasteiger partial charge >= 0.3 is 0 Å². The van der Waals surface area contributed by atoms with Gasteiger partial charge in [-0.05, 0) is 32.1 Å². The number of pyridine rings is 1. The highest BCUT2D eigenvalue weighted by Gasteiger charge is 2.06. The smallest absolute Gasteiger partial charge is 0.163 e. The molecule has 0 amide bonds. The van der Waals surface area contributed by atoms with E-state index in [0.29, 0.717) is 6.42 Å². The van der Waals surface area contributed by atoms with Gasteiger partial charge < -0.3 is 5.32 Å². The maximum Gasteiger partial charge on any atom is 0.163 e. The zero-order chi connectivity index (χ0) is 12.1. The molecule has 0 atom stereocenters. The fraction of sp³-hybridized carbons (Fsp3) is 0.286. The van der Waals surface area contributed by atoms with E-state index >= 15 is 0 Å². The monoisotopic (exact) mass is 228 g/mol. The molecule has 0 saturated heterocycles. The summed E-state index contributed by atoms with van der Waals surface area (Å²) in [6.45, 7) is 0.873. The van der Waals surface area contributed by atoms with Crippen molar-refractivity contribution in [2.45, 2.75) is 12.8 Å². The molecular weight excluding hydrogens is 212 g/mol. The number of fused-ring (bicyclic) bond motifs is 1. The Kier molecular flexibility index (Phi) is 3.83. The summed E-state index contributed by atoms with van der Waals surface area (Å²) in [5.41, 5.74) is 1.64. The van der Waals surface area contributed by atoms with E-state index in [9.17, 15) is 4.79 Å². The molecule has 1 N–H and O–H groups in total. The Labute approximate surface area is 101 Å². The predicted molar refractivity (Wildman–Crippen MR) is 69.2 cm³/mol. The molecule has 88 valence electrons. The van der Waals surface area contributed by atoms with Gasteiger partial charge in [0.25, 0.3) is 0 Å². The number of aromatic nitrogens is 1. The van der Waals surface area contributed by atoms with E-state index in [1.165, 1.54) is 0 Å². The van der Waals surface area contributed by atoms with Crippen LogP contribution in [0.3, 0.4) is 0 Å². The van der Waals surface area contributed by atoms with Crippen LogP contribution in [0.5, 0.6) is 0 Å². The van der Waals surface area contributed by atoms with E-state index in [0.717, 1.165) is 29.4 Å². The van der Waals surface area contributed by atoms with Crippen molar-refractivity contribution in [2.24, 2.45) is 0 Å². The number of nitrogens with zero attached hydrogens (tertiary/aromatic N) is 1. The van der Waals surface area contributed by atoms with Crippen molar-refractivity contribution in [1.29, 1.82) is 0 Å². The fourth-order valence-electron chi connectivity index (χ4n) is 1.81. The van der Waals surface area contributed by atoms with E-state index in [1.54, 1.807) is 6.20 Å². The number of benzene rings is 1. The van der Waals surface area contributed by atoms with E-state index < -0.39 is 0 Å². The molecule has 0 unspecified atom stereocenters. The lowest BCUT2D eigenvalue weighted by atomic mass is 10.0. The van der Waals surface area contributed by atoms with Gasteiger partial charge in [-0.3, -0.25) is 9.78 Å². The lowest BCUT2D eigenvalue weighted by Crippen LogP contribution is -2.10. The van der Waals surface area contributed by atoms with Crippen LogP contribution in [-0.4, -0.2) is 24.4 Å². The average molecular weight is 228 g/mol. The van der Waals surface area contributed by atoms with Crippen LogP contribution in [0.15, 0.2) is 36.5 Å². The number of nitrogens with one attached hydrogen (secondary N) is 1. The van der Waals surface area contributed by atoms with Gasteiger partial charge in [0.15, 0.2) is 5.78 Å². The summed E-state index contributed by atoms with van der Waals surface area (Å²) in [5.74, 6) is 0.188. The summed E-state index contributed by atoms with van der Waals surface area (Å²) in [6.07, 6.45) is 3.20. The predicted octanol–water partition coefficient (Wildman–Crippen LogP) is 2.42. The molecule has 0 fully saturated rings. The number of carbonyl (C=O) groups excluding carboxylic acids is 1. The Bertz CT molecular complexity index is 522. The van der Waals surface area contributed by atoms with Crippen LogP contribution in [0, 0.1) is 0 Å². The van der Waals surface area contributed by atoms with E-state index in [-0.39, 0.29) is 5.78 Å². The van der Waals surface area contributed by atoms with Crippen molar-refractivity contribution in [3.8, 4) is 0 Å². The molecular formula is C14H16N2O. The van der Waals surface area contributed by atoms with Crippen molar-refractivity contribution in [2.75, 3.05) is 13.6 Å². The molecule has 1 aromatic heterocycles. The Morgan fingerprint density at radius 2 is 2.24 bits per heavy atom. The number of carbonyl (C=O) groups is 1. The Balaban J connectivity index is 2.15. The average Bonchev–Trinajstić information content (AvgIpc) is 2.38. The van der Waals surface area contributed by atoms with Gasteiger partial charge in [0.05, 0.1) is 5.52 Å². The second kappa shape index (κ2) is 5.55. The SMILES string of the molecule is CNCCCC(=O)c1ccc2cccnc2c1. The van der Waals surface area contributed by atoms with Gasteiger partial charge in [0.1, 0.15) is 0 Å². The van der Waals surface area contributed by atoms with E-state index in [1.807, 2.05) is 37.4 Å². The Morgan fingerprint density at radius 1 is 1.35 bits per heavy atom. The molecule has 3 heteroatoms. The van der Waals surface area contributed by atoms with Crippen LogP contribution >= 0.6 is 0 Å². The highest BCUT2D eigenvalue weighted by Crippen LogP contribution is 2.14. The van der Waals surface area contributed by atoms with Gasteiger partial charge in [0, 0.05) is 23.6 Å². The molecule has 0 radical (unpaired) electrons. The van der Waals surface area contributed by atoms with E-state index in [4.69, 9.17) is 0 Å². The first-order valence-corrected chi connectivity index (χ1v) is 5.84. The van der Waals surface area contributed by atoms with Gasteiger partial charge in [-0.25, -0.2) is 0 Å². The molecule has 1 heterocycles. The van der Waals surface area contributed by atoms with Gasteiger partial charge in [-0.15, -0.1) is 0 Å². The molecule has 1 aromatic carbocycles. The third kappa shape index (κ3) is 2.88. The zero-order valence-electron chi connectivity index (χ0n) is 9.94. The molecule has 0 aliphatic heterocycles. The number of ketones is 1. The molecule has 3 nitrogen and oxygen atoms in total. The topological polar surface area (TPSA) is 42.0 Å². The molecule has 2 rings (SSSR count). The molecule has 0 saturated carbocycles. The molecule has 0 bridgehead atoms. The third-order valence-corrected chi connectivity index (χ3v) is 2.76. The lowest BCUT2D eigenvalue weighted by molar-refractivity contribution is 0.0980. The molecule has 0 aliphatic rings. The summed E-state index contributed by atoms with van der Waals surface area (Å²) in [4.78, 5) is 16.2. The van der Waals surface area contributed by atoms with Crippen LogP contribution < -0.4 is 5.32 Å². The first kappa shape index (κ1) is 11.7. The van der Waals surface area contributed by atoms with E-state index in [2.05, 4.69) is 10.3 Å². The number of rotatable bonds is 5. The van der Waals surface area contributed by atoms with Crippen molar-refractivity contribution >= 4 is 16.7 Å².